The van der Waals surface area contributed by atoms with E-state index >= 15 is 0 Å². The number of hydrogen-bond acceptors (Lipinski definition) is 4. The maximum atomic E-state index is 11.9. The zero-order chi connectivity index (χ0) is 12.6. The van der Waals surface area contributed by atoms with Crippen molar-refractivity contribution in [2.75, 3.05) is 20.7 Å². The Bertz CT molecular complexity index is 498. The van der Waals surface area contributed by atoms with E-state index in [4.69, 9.17) is 4.74 Å². The molecule has 1 amide bonds. The normalized spacial score (nSPS) is 14.5. The van der Waals surface area contributed by atoms with Crippen LogP contribution in [0.1, 0.15) is 15.9 Å². The van der Waals surface area contributed by atoms with Gasteiger partial charge in [-0.25, -0.2) is 0 Å². The second-order valence-corrected chi connectivity index (χ2v) is 3.92. The third-order valence-corrected chi connectivity index (χ3v) is 2.90. The summed E-state index contributed by atoms with van der Waals surface area (Å²) >= 11 is 0. The molecule has 0 aromatic heterocycles. The Labute approximate surface area is 97.9 Å². The lowest BCUT2D eigenvalue weighted by molar-refractivity contribution is -0.385. The molecule has 1 aromatic carbocycles. The fourth-order valence-corrected chi connectivity index (χ4v) is 1.92. The Morgan fingerprint density at radius 1 is 1.47 bits per heavy atom. The summed E-state index contributed by atoms with van der Waals surface area (Å²) in [7, 11) is 3.06. The van der Waals surface area contributed by atoms with E-state index in [9.17, 15) is 14.9 Å². The molecular formula is C11H12N2O4. The molecule has 0 atom stereocenters. The van der Waals surface area contributed by atoms with E-state index in [-0.39, 0.29) is 17.3 Å². The molecule has 1 aliphatic heterocycles. The minimum absolute atomic E-state index is 0.171. The minimum Gasteiger partial charge on any atom is -0.490 e. The van der Waals surface area contributed by atoms with Crippen LogP contribution in [-0.4, -0.2) is 36.4 Å². The lowest BCUT2D eigenvalue weighted by Crippen LogP contribution is -2.34. The van der Waals surface area contributed by atoms with Gasteiger partial charge in [-0.1, -0.05) is 0 Å². The number of hydrogen-bond donors (Lipinski definition) is 0. The maximum absolute atomic E-state index is 11.9. The Morgan fingerprint density at radius 2 is 2.18 bits per heavy atom. The third kappa shape index (κ3) is 1.82. The fourth-order valence-electron chi connectivity index (χ4n) is 1.92. The van der Waals surface area contributed by atoms with Gasteiger partial charge in [0, 0.05) is 25.2 Å². The van der Waals surface area contributed by atoms with Crippen LogP contribution in [0.5, 0.6) is 5.75 Å². The first-order chi connectivity index (χ1) is 8.04. The van der Waals surface area contributed by atoms with Gasteiger partial charge in [0.15, 0.2) is 5.75 Å². The van der Waals surface area contributed by atoms with E-state index in [0.29, 0.717) is 18.5 Å². The van der Waals surface area contributed by atoms with E-state index < -0.39 is 4.92 Å². The quantitative estimate of drug-likeness (QED) is 0.572. The molecule has 0 unspecified atom stereocenters. The fraction of sp³-hybridized carbons (Fsp3) is 0.364. The minimum atomic E-state index is -0.541. The van der Waals surface area contributed by atoms with Crippen molar-refractivity contribution in [3.8, 4) is 5.75 Å². The largest absolute Gasteiger partial charge is 0.490 e. The van der Waals surface area contributed by atoms with E-state index in [0.717, 1.165) is 5.56 Å². The van der Waals surface area contributed by atoms with Crippen LogP contribution < -0.4 is 4.74 Å². The van der Waals surface area contributed by atoms with Crippen molar-refractivity contribution in [2.24, 2.45) is 0 Å². The lowest BCUT2D eigenvalue weighted by Gasteiger charge is -2.24. The summed E-state index contributed by atoms with van der Waals surface area (Å²) < 4.78 is 4.97. The Kier molecular flexibility index (Phi) is 2.71. The number of likely N-dealkylation sites (N-methyl/N-ethyl adjacent to an activating group) is 1. The summed E-state index contributed by atoms with van der Waals surface area (Å²) in [4.78, 5) is 23.7. The predicted octanol–water partition coefficient (Wildman–Crippen LogP) is 1.23. The van der Waals surface area contributed by atoms with E-state index in [1.807, 2.05) is 0 Å². The van der Waals surface area contributed by atoms with Crippen LogP contribution in [0.2, 0.25) is 0 Å². The second kappa shape index (κ2) is 4.04. The molecule has 6 nitrogen and oxygen atoms in total. The van der Waals surface area contributed by atoms with Crippen LogP contribution in [0.4, 0.5) is 5.69 Å². The van der Waals surface area contributed by atoms with Crippen molar-refractivity contribution in [2.45, 2.75) is 6.42 Å². The molecule has 0 N–H and O–H groups in total. The monoisotopic (exact) mass is 236 g/mol. The van der Waals surface area contributed by atoms with Crippen LogP contribution in [0.3, 0.4) is 0 Å². The summed E-state index contributed by atoms with van der Waals surface area (Å²) in [6, 6.07) is 2.88. The maximum Gasteiger partial charge on any atom is 0.311 e. The van der Waals surface area contributed by atoms with Crippen molar-refractivity contribution in [1.82, 2.24) is 4.90 Å². The van der Waals surface area contributed by atoms with Gasteiger partial charge in [-0.3, -0.25) is 14.9 Å². The molecule has 0 fully saturated rings. The smallest absolute Gasteiger partial charge is 0.311 e. The first kappa shape index (κ1) is 11.4. The average Bonchev–Trinajstić information content (AvgIpc) is 2.32. The molecule has 1 aromatic rings. The molecule has 1 aliphatic rings. The van der Waals surface area contributed by atoms with Crippen molar-refractivity contribution in [3.05, 3.63) is 33.4 Å². The molecule has 0 aliphatic carbocycles. The summed E-state index contributed by atoms with van der Waals surface area (Å²) in [5.41, 5.74) is 1.02. The number of carbonyl (C=O) groups is 1. The van der Waals surface area contributed by atoms with Crippen LogP contribution in [-0.2, 0) is 6.42 Å². The van der Waals surface area contributed by atoms with Gasteiger partial charge in [0.25, 0.3) is 5.91 Å². The number of nitrogens with zero attached hydrogens (tertiary/aromatic N) is 2. The summed E-state index contributed by atoms with van der Waals surface area (Å²) in [5, 5.41) is 10.9. The Hall–Kier alpha value is -2.11. The summed E-state index contributed by atoms with van der Waals surface area (Å²) in [6.45, 7) is 0.618. The number of benzene rings is 1. The first-order valence-electron chi connectivity index (χ1n) is 5.15. The Balaban J connectivity index is 2.59. The first-order valence-corrected chi connectivity index (χ1v) is 5.15. The van der Waals surface area contributed by atoms with Crippen LogP contribution in [0, 0.1) is 10.1 Å². The number of nitro groups is 1. The highest BCUT2D eigenvalue weighted by Crippen LogP contribution is 2.32. The lowest BCUT2D eigenvalue weighted by atomic mass is 9.98. The standard InChI is InChI=1S/C11H12N2O4/c1-12-4-3-7-5-10(17-2)9(13(15)16)6-8(7)11(12)14/h5-6H,3-4H2,1-2H3. The number of ether oxygens (including phenoxy) is 1. The average molecular weight is 236 g/mol. The van der Waals surface area contributed by atoms with Crippen LogP contribution >= 0.6 is 0 Å². The number of carbonyl (C=O) groups excluding carboxylic acids is 1. The molecule has 0 saturated carbocycles. The summed E-state index contributed by atoms with van der Waals surface area (Å²) in [5.74, 6) is 0.0168. The number of rotatable bonds is 2. The van der Waals surface area contributed by atoms with Gasteiger partial charge in [-0.15, -0.1) is 0 Å². The van der Waals surface area contributed by atoms with Gasteiger partial charge < -0.3 is 9.64 Å². The summed E-state index contributed by atoms with van der Waals surface area (Å²) in [6.07, 6.45) is 0.686. The van der Waals surface area contributed by atoms with E-state index in [1.54, 1.807) is 18.0 Å². The van der Waals surface area contributed by atoms with E-state index in [1.165, 1.54) is 13.2 Å². The van der Waals surface area contributed by atoms with Gasteiger partial charge in [0.2, 0.25) is 0 Å². The van der Waals surface area contributed by atoms with Crippen LogP contribution in [0.25, 0.3) is 0 Å². The topological polar surface area (TPSA) is 72.7 Å². The molecule has 0 radical (unpaired) electrons. The van der Waals surface area contributed by atoms with Gasteiger partial charge in [0.1, 0.15) is 0 Å². The second-order valence-electron chi connectivity index (χ2n) is 3.92. The van der Waals surface area contributed by atoms with Gasteiger partial charge in [-0.2, -0.15) is 0 Å². The zero-order valence-electron chi connectivity index (χ0n) is 9.60. The van der Waals surface area contributed by atoms with E-state index in [2.05, 4.69) is 0 Å². The van der Waals surface area contributed by atoms with Crippen molar-refractivity contribution in [3.63, 3.8) is 0 Å². The van der Waals surface area contributed by atoms with Gasteiger partial charge in [0.05, 0.1) is 12.0 Å². The number of amides is 1. The highest BCUT2D eigenvalue weighted by atomic mass is 16.6. The van der Waals surface area contributed by atoms with Crippen LogP contribution in [0.15, 0.2) is 12.1 Å². The molecule has 0 spiro atoms. The molecule has 1 heterocycles. The zero-order valence-corrected chi connectivity index (χ0v) is 9.60. The molecular weight excluding hydrogens is 224 g/mol. The highest BCUT2D eigenvalue weighted by molar-refractivity contribution is 5.97. The third-order valence-electron chi connectivity index (χ3n) is 2.90. The van der Waals surface area contributed by atoms with Crippen molar-refractivity contribution < 1.29 is 14.5 Å². The number of methoxy groups -OCH3 is 1. The van der Waals surface area contributed by atoms with Gasteiger partial charge >= 0.3 is 5.69 Å². The SMILES string of the molecule is COc1cc2c(cc1[N+](=O)[O-])C(=O)N(C)CC2. The number of nitro benzene ring substituents is 1. The van der Waals surface area contributed by atoms with Gasteiger partial charge in [-0.05, 0) is 18.1 Å². The predicted molar refractivity (Wildman–Crippen MR) is 60.3 cm³/mol. The van der Waals surface area contributed by atoms with Crippen molar-refractivity contribution in [1.29, 1.82) is 0 Å². The number of fused-ring (bicyclic) bond motifs is 1. The molecule has 17 heavy (non-hydrogen) atoms. The Morgan fingerprint density at radius 3 is 2.76 bits per heavy atom. The molecule has 90 valence electrons. The molecule has 6 heteroatoms. The molecule has 0 bridgehead atoms. The molecule has 0 saturated heterocycles. The van der Waals surface area contributed by atoms with Crippen molar-refractivity contribution >= 4 is 11.6 Å². The molecule has 2 rings (SSSR count). The highest BCUT2D eigenvalue weighted by Gasteiger charge is 2.27.